The van der Waals surface area contributed by atoms with Crippen molar-refractivity contribution < 1.29 is 15.0 Å². The first kappa shape index (κ1) is 29.0. The molecule has 2 fully saturated rings. The molecule has 1 amide bonds. The largest absolute Gasteiger partial charge is 0.388 e. The molecule has 4 aromatic rings. The van der Waals surface area contributed by atoms with Gasteiger partial charge in [0.15, 0.2) is 17.0 Å². The fraction of sp³-hybridized carbons (Fsp3) is 0.438. The van der Waals surface area contributed by atoms with E-state index in [0.29, 0.717) is 42.3 Å². The van der Waals surface area contributed by atoms with E-state index in [1.807, 2.05) is 65.2 Å². The summed E-state index contributed by atoms with van der Waals surface area (Å²) in [6.07, 6.45) is 3.83. The van der Waals surface area contributed by atoms with Crippen molar-refractivity contribution in [1.29, 1.82) is 0 Å². The summed E-state index contributed by atoms with van der Waals surface area (Å²) in [6, 6.07) is 18.9. The van der Waals surface area contributed by atoms with Crippen molar-refractivity contribution >= 4 is 40.2 Å². The minimum absolute atomic E-state index is 0.168. The van der Waals surface area contributed by atoms with Gasteiger partial charge in [-0.3, -0.25) is 9.69 Å². The molecule has 43 heavy (non-hydrogen) atoms. The van der Waals surface area contributed by atoms with Gasteiger partial charge in [0.2, 0.25) is 11.9 Å². The summed E-state index contributed by atoms with van der Waals surface area (Å²) in [5.41, 5.74) is 2.94. The lowest BCUT2D eigenvalue weighted by molar-refractivity contribution is -0.122. The van der Waals surface area contributed by atoms with Gasteiger partial charge >= 0.3 is 0 Å². The van der Waals surface area contributed by atoms with Gasteiger partial charge in [0.25, 0.3) is 0 Å². The van der Waals surface area contributed by atoms with Crippen LogP contribution in [0.15, 0.2) is 67.0 Å². The highest BCUT2D eigenvalue weighted by Crippen LogP contribution is 2.39. The average molecular weight is 585 g/mol. The van der Waals surface area contributed by atoms with Crippen molar-refractivity contribution in [1.82, 2.24) is 29.7 Å². The monoisotopic (exact) mass is 584 g/mol. The first-order valence-electron chi connectivity index (χ1n) is 15.3. The lowest BCUT2D eigenvalue weighted by atomic mass is 10.1. The fourth-order valence-corrected chi connectivity index (χ4v) is 6.17. The summed E-state index contributed by atoms with van der Waals surface area (Å²) in [6.45, 7) is 5.55. The predicted molar refractivity (Wildman–Crippen MR) is 167 cm³/mol. The maximum absolute atomic E-state index is 12.1. The molecule has 4 N–H and O–H groups in total. The van der Waals surface area contributed by atoms with Crippen LogP contribution in [0.5, 0.6) is 0 Å². The number of carbonyl (C=O) groups excluding carboxylic acids is 1. The number of benzene rings is 2. The Bertz CT molecular complexity index is 1470. The number of para-hydroxylation sites is 2. The normalized spacial score (nSPS) is 22.5. The third kappa shape index (κ3) is 6.20. The van der Waals surface area contributed by atoms with E-state index in [1.165, 1.54) is 19.3 Å². The summed E-state index contributed by atoms with van der Waals surface area (Å²) in [5.74, 6) is 0.894. The average Bonchev–Trinajstić information content (AvgIpc) is 3.59. The first-order valence-corrected chi connectivity index (χ1v) is 15.3. The number of aliphatic hydroxyl groups is 2. The summed E-state index contributed by atoms with van der Waals surface area (Å²) in [7, 11) is 0. The summed E-state index contributed by atoms with van der Waals surface area (Å²) >= 11 is 0. The Kier molecular flexibility index (Phi) is 8.82. The van der Waals surface area contributed by atoms with Crippen LogP contribution >= 0.6 is 0 Å². The number of nitrogens with zero attached hydrogens (tertiary/aromatic N) is 6. The lowest BCUT2D eigenvalue weighted by Gasteiger charge is -2.27. The van der Waals surface area contributed by atoms with E-state index >= 15 is 0 Å². The van der Waals surface area contributed by atoms with Gasteiger partial charge in [-0.1, -0.05) is 49.7 Å². The van der Waals surface area contributed by atoms with Gasteiger partial charge in [-0.15, -0.1) is 0 Å². The van der Waals surface area contributed by atoms with Gasteiger partial charge in [-0.05, 0) is 56.6 Å². The number of piperidine rings is 1. The highest BCUT2D eigenvalue weighted by atomic mass is 16.3. The standard InChI is InChI=1S/C32H40N8O3/c1-2-26(41)35-24-20-25(29(43)28(24)42)39-21-34-27-30(39)36-32(33-16-19-38-17-10-5-11-18-38)37-31(27)40(22-12-6-3-7-13-22)23-14-8-4-9-15-23/h3-4,6-9,12-15,21,24-25,28-29,42-43H,2,5,10-11,16-20H2,1H3,(H,35,41)(H,33,36,37)/t24-,25+,28+,29-/m0/s1. The van der Waals surface area contributed by atoms with E-state index in [4.69, 9.17) is 15.0 Å². The number of amides is 1. The van der Waals surface area contributed by atoms with Crippen LogP contribution in [0.3, 0.4) is 0 Å². The number of hydrogen-bond acceptors (Lipinski definition) is 9. The van der Waals surface area contributed by atoms with Crippen LogP contribution in [0, 0.1) is 0 Å². The van der Waals surface area contributed by atoms with Gasteiger partial charge in [0.05, 0.1) is 18.4 Å². The van der Waals surface area contributed by atoms with Crippen molar-refractivity contribution in [2.75, 3.05) is 36.4 Å². The number of aromatic nitrogens is 4. The molecule has 1 saturated carbocycles. The number of rotatable bonds is 10. The summed E-state index contributed by atoms with van der Waals surface area (Å²) in [5, 5.41) is 28.2. The minimum atomic E-state index is -1.11. The van der Waals surface area contributed by atoms with Gasteiger partial charge in [-0.25, -0.2) is 4.98 Å². The smallest absolute Gasteiger partial charge is 0.226 e. The van der Waals surface area contributed by atoms with Gasteiger partial charge < -0.3 is 30.3 Å². The van der Waals surface area contributed by atoms with Crippen LogP contribution in [0.25, 0.3) is 11.2 Å². The zero-order valence-electron chi connectivity index (χ0n) is 24.5. The molecule has 0 unspecified atom stereocenters. The maximum atomic E-state index is 12.1. The van der Waals surface area contributed by atoms with Crippen LogP contribution in [0.1, 0.15) is 45.1 Å². The van der Waals surface area contributed by atoms with Crippen LogP contribution in [0.2, 0.25) is 0 Å². The Labute approximate surface area is 251 Å². The molecule has 1 aliphatic heterocycles. The molecule has 2 aromatic heterocycles. The molecule has 2 aliphatic rings. The molecule has 0 spiro atoms. The first-order chi connectivity index (χ1) is 21.0. The van der Waals surface area contributed by atoms with Gasteiger partial charge in [0, 0.05) is 30.9 Å². The van der Waals surface area contributed by atoms with Crippen molar-refractivity contribution in [2.24, 2.45) is 0 Å². The van der Waals surface area contributed by atoms with E-state index in [-0.39, 0.29) is 5.91 Å². The third-order valence-corrected chi connectivity index (χ3v) is 8.48. The molecule has 11 nitrogen and oxygen atoms in total. The molecule has 0 bridgehead atoms. The van der Waals surface area contributed by atoms with E-state index in [9.17, 15) is 15.0 Å². The quantitative estimate of drug-likeness (QED) is 0.220. The molecular formula is C32H40N8O3. The molecule has 2 aromatic carbocycles. The number of fused-ring (bicyclic) bond motifs is 1. The van der Waals surface area contributed by atoms with E-state index < -0.39 is 24.3 Å². The van der Waals surface area contributed by atoms with Gasteiger partial charge in [-0.2, -0.15) is 9.97 Å². The van der Waals surface area contributed by atoms with E-state index in [1.54, 1.807) is 13.3 Å². The van der Waals surface area contributed by atoms with Crippen LogP contribution in [-0.4, -0.2) is 85.0 Å². The van der Waals surface area contributed by atoms with Crippen molar-refractivity contribution in [3.63, 3.8) is 0 Å². The number of nitrogens with one attached hydrogen (secondary N) is 2. The molecule has 226 valence electrons. The second-order valence-electron chi connectivity index (χ2n) is 11.3. The van der Waals surface area contributed by atoms with Gasteiger partial charge in [0.1, 0.15) is 12.2 Å². The number of aliphatic hydroxyl groups excluding tert-OH is 2. The number of imidazole rings is 1. The highest BCUT2D eigenvalue weighted by Gasteiger charge is 2.44. The summed E-state index contributed by atoms with van der Waals surface area (Å²) < 4.78 is 1.82. The van der Waals surface area contributed by atoms with E-state index in [2.05, 4.69) is 20.4 Å². The molecule has 6 rings (SSSR count). The minimum Gasteiger partial charge on any atom is -0.388 e. The zero-order chi connectivity index (χ0) is 29.8. The lowest BCUT2D eigenvalue weighted by Crippen LogP contribution is -2.42. The Morgan fingerprint density at radius 1 is 0.953 bits per heavy atom. The van der Waals surface area contributed by atoms with Crippen molar-refractivity contribution in [2.45, 2.75) is 63.3 Å². The topological polar surface area (TPSA) is 132 Å². The molecule has 1 saturated heterocycles. The number of likely N-dealkylation sites (tertiary alicyclic amines) is 1. The second-order valence-corrected chi connectivity index (χ2v) is 11.3. The van der Waals surface area contributed by atoms with Crippen LogP contribution < -0.4 is 15.5 Å². The van der Waals surface area contributed by atoms with Crippen LogP contribution in [0.4, 0.5) is 23.1 Å². The molecule has 0 radical (unpaired) electrons. The number of anilines is 4. The zero-order valence-corrected chi connectivity index (χ0v) is 24.5. The predicted octanol–water partition coefficient (Wildman–Crippen LogP) is 3.76. The fourth-order valence-electron chi connectivity index (χ4n) is 6.17. The number of hydrogen-bond donors (Lipinski definition) is 4. The van der Waals surface area contributed by atoms with E-state index in [0.717, 1.165) is 31.0 Å². The Hall–Kier alpha value is -4.06. The second kappa shape index (κ2) is 13.1. The number of carbonyl (C=O) groups is 1. The Morgan fingerprint density at radius 2 is 1.63 bits per heavy atom. The molecule has 4 atom stereocenters. The molecule has 3 heterocycles. The molecular weight excluding hydrogens is 544 g/mol. The highest BCUT2D eigenvalue weighted by molar-refractivity contribution is 5.91. The molecule has 11 heteroatoms. The summed E-state index contributed by atoms with van der Waals surface area (Å²) in [4.78, 5) is 31.3. The van der Waals surface area contributed by atoms with Crippen molar-refractivity contribution in [3.05, 3.63) is 67.0 Å². The third-order valence-electron chi connectivity index (χ3n) is 8.48. The van der Waals surface area contributed by atoms with Crippen molar-refractivity contribution in [3.8, 4) is 0 Å². The SMILES string of the molecule is CCC(=O)N[C@H]1C[C@@H](n2cnc3c(N(c4ccccc4)c4ccccc4)nc(NCCN4CCCCC4)nc32)[C@H](O)[C@@H]1O. The van der Waals surface area contributed by atoms with Crippen LogP contribution in [-0.2, 0) is 4.79 Å². The Morgan fingerprint density at radius 3 is 2.28 bits per heavy atom. The molecule has 1 aliphatic carbocycles. The Balaban J connectivity index is 1.41. The maximum Gasteiger partial charge on any atom is 0.226 e.